The molecule has 2 atom stereocenters. The Morgan fingerprint density at radius 1 is 0.925 bits per heavy atom. The highest BCUT2D eigenvalue weighted by Crippen LogP contribution is 2.27. The average Bonchev–Trinajstić information content (AvgIpc) is 2.91. The number of sulfonamides is 1. The molecule has 0 aliphatic heterocycles. The van der Waals surface area contributed by atoms with Gasteiger partial charge in [0, 0.05) is 17.1 Å². The average molecular weight is 629 g/mol. The Morgan fingerprint density at radius 3 is 2.20 bits per heavy atom. The third-order valence-electron chi connectivity index (χ3n) is 7.08. The van der Waals surface area contributed by atoms with Crippen LogP contribution in [0.15, 0.2) is 76.1 Å². The van der Waals surface area contributed by atoms with E-state index in [1.165, 1.54) is 4.90 Å². The molecule has 2 amide bonds. The maximum atomic E-state index is 14.0. The SMILES string of the molecule is CCC(C)NC(=O)C(C)N(Cc1cccc(Br)c1)C(=O)CN(c1ccc(C)c(C)c1)S(=O)(=O)c1ccc(C)cc1. The number of nitrogens with zero attached hydrogens (tertiary/aromatic N) is 2. The molecule has 0 spiro atoms. The van der Waals surface area contributed by atoms with Crippen LogP contribution in [0.25, 0.3) is 0 Å². The van der Waals surface area contributed by atoms with Crippen molar-refractivity contribution >= 4 is 43.5 Å². The van der Waals surface area contributed by atoms with E-state index in [9.17, 15) is 18.0 Å². The second-order valence-electron chi connectivity index (χ2n) is 10.2. The zero-order chi connectivity index (χ0) is 29.6. The standard InChI is InChI=1S/C31H38BrN3O4S/c1-7-24(5)33-31(37)25(6)34(19-26-9-8-10-27(32)18-26)30(36)20-35(28-14-13-22(3)23(4)17-28)40(38,39)29-15-11-21(2)12-16-29/h8-18,24-25H,7,19-20H2,1-6H3,(H,33,37). The van der Waals surface area contributed by atoms with E-state index in [1.807, 2.05) is 65.0 Å². The highest BCUT2D eigenvalue weighted by Gasteiger charge is 2.33. The largest absolute Gasteiger partial charge is 0.352 e. The number of anilines is 1. The lowest BCUT2D eigenvalue weighted by atomic mass is 10.1. The van der Waals surface area contributed by atoms with Crippen LogP contribution in [-0.4, -0.2) is 43.8 Å². The fourth-order valence-corrected chi connectivity index (χ4v) is 5.98. The molecule has 0 aliphatic carbocycles. The van der Waals surface area contributed by atoms with E-state index < -0.39 is 28.5 Å². The zero-order valence-electron chi connectivity index (χ0n) is 23.9. The summed E-state index contributed by atoms with van der Waals surface area (Å²) < 4.78 is 29.9. The minimum absolute atomic E-state index is 0.0632. The van der Waals surface area contributed by atoms with Crippen molar-refractivity contribution in [1.29, 1.82) is 0 Å². The minimum atomic E-state index is -4.10. The molecule has 3 aromatic rings. The van der Waals surface area contributed by atoms with Crippen LogP contribution in [-0.2, 0) is 26.2 Å². The van der Waals surface area contributed by atoms with Crippen molar-refractivity contribution in [1.82, 2.24) is 10.2 Å². The Morgan fingerprint density at radius 2 is 1.60 bits per heavy atom. The fraction of sp³-hybridized carbons (Fsp3) is 0.355. The molecule has 0 fully saturated rings. The Hall–Kier alpha value is -3.17. The van der Waals surface area contributed by atoms with E-state index in [4.69, 9.17) is 0 Å². The van der Waals surface area contributed by atoms with Crippen LogP contribution in [0.4, 0.5) is 5.69 Å². The summed E-state index contributed by atoms with van der Waals surface area (Å²) in [5.74, 6) is -0.780. The van der Waals surface area contributed by atoms with Crippen LogP contribution in [0.2, 0.25) is 0 Å². The van der Waals surface area contributed by atoms with Gasteiger partial charge in [0.2, 0.25) is 11.8 Å². The molecule has 0 radical (unpaired) electrons. The summed E-state index contributed by atoms with van der Waals surface area (Å²) in [5.41, 5.74) is 4.03. The molecule has 3 aromatic carbocycles. The van der Waals surface area contributed by atoms with Gasteiger partial charge in [0.15, 0.2) is 0 Å². The molecule has 7 nitrogen and oxygen atoms in total. The lowest BCUT2D eigenvalue weighted by Gasteiger charge is -2.32. The molecule has 9 heteroatoms. The third kappa shape index (κ3) is 7.73. The monoisotopic (exact) mass is 627 g/mol. The van der Waals surface area contributed by atoms with Gasteiger partial charge in [-0.05, 0) is 94.1 Å². The summed E-state index contributed by atoms with van der Waals surface area (Å²) in [6, 6.07) is 18.5. The fourth-order valence-electron chi connectivity index (χ4n) is 4.13. The molecule has 214 valence electrons. The smallest absolute Gasteiger partial charge is 0.264 e. The molecular weight excluding hydrogens is 590 g/mol. The number of aryl methyl sites for hydroxylation is 3. The lowest BCUT2D eigenvalue weighted by Crippen LogP contribution is -2.52. The van der Waals surface area contributed by atoms with Crippen LogP contribution >= 0.6 is 15.9 Å². The summed E-state index contributed by atoms with van der Waals surface area (Å²) in [6.07, 6.45) is 0.743. The van der Waals surface area contributed by atoms with Crippen LogP contribution < -0.4 is 9.62 Å². The third-order valence-corrected chi connectivity index (χ3v) is 9.36. The van der Waals surface area contributed by atoms with Crippen molar-refractivity contribution in [3.63, 3.8) is 0 Å². The van der Waals surface area contributed by atoms with E-state index in [0.29, 0.717) is 5.69 Å². The Kier molecular flexibility index (Phi) is 10.6. The van der Waals surface area contributed by atoms with Gasteiger partial charge < -0.3 is 10.2 Å². The summed E-state index contributed by atoms with van der Waals surface area (Å²) in [7, 11) is -4.10. The van der Waals surface area contributed by atoms with Gasteiger partial charge in [-0.3, -0.25) is 13.9 Å². The van der Waals surface area contributed by atoms with Gasteiger partial charge in [-0.2, -0.15) is 0 Å². The van der Waals surface area contributed by atoms with Gasteiger partial charge in [0.25, 0.3) is 10.0 Å². The minimum Gasteiger partial charge on any atom is -0.352 e. The highest BCUT2D eigenvalue weighted by atomic mass is 79.9. The van der Waals surface area contributed by atoms with E-state index in [0.717, 1.165) is 37.5 Å². The van der Waals surface area contributed by atoms with E-state index >= 15 is 0 Å². The first-order valence-corrected chi connectivity index (χ1v) is 15.6. The predicted molar refractivity (Wildman–Crippen MR) is 164 cm³/mol. The van der Waals surface area contributed by atoms with Gasteiger partial charge in [-0.1, -0.05) is 58.7 Å². The quantitative estimate of drug-likeness (QED) is 0.287. The van der Waals surface area contributed by atoms with Gasteiger partial charge in [-0.25, -0.2) is 8.42 Å². The first-order chi connectivity index (χ1) is 18.8. The number of carbonyl (C=O) groups is 2. The lowest BCUT2D eigenvalue weighted by molar-refractivity contribution is -0.139. The van der Waals surface area contributed by atoms with Crippen LogP contribution in [0.3, 0.4) is 0 Å². The van der Waals surface area contributed by atoms with Crippen LogP contribution in [0, 0.1) is 20.8 Å². The van der Waals surface area contributed by atoms with Crippen molar-refractivity contribution in [2.24, 2.45) is 0 Å². The Labute approximate surface area is 246 Å². The molecule has 0 heterocycles. The predicted octanol–water partition coefficient (Wildman–Crippen LogP) is 5.90. The number of amides is 2. The molecule has 1 N–H and O–H groups in total. The van der Waals surface area contributed by atoms with Gasteiger partial charge in [0.05, 0.1) is 10.6 Å². The number of rotatable bonds is 11. The maximum Gasteiger partial charge on any atom is 0.264 e. The number of benzene rings is 3. The molecular formula is C31H38BrN3O4S. The number of carbonyl (C=O) groups excluding carboxylic acids is 2. The Balaban J connectivity index is 2.05. The number of hydrogen-bond acceptors (Lipinski definition) is 4. The highest BCUT2D eigenvalue weighted by molar-refractivity contribution is 9.10. The first-order valence-electron chi connectivity index (χ1n) is 13.3. The topological polar surface area (TPSA) is 86.8 Å². The number of hydrogen-bond donors (Lipinski definition) is 1. The number of halogens is 1. The molecule has 3 rings (SSSR count). The van der Waals surface area contributed by atoms with Crippen molar-refractivity contribution in [3.05, 3.63) is 93.5 Å². The van der Waals surface area contributed by atoms with E-state index in [1.54, 1.807) is 43.3 Å². The molecule has 2 unspecified atom stereocenters. The molecule has 0 saturated heterocycles. The van der Waals surface area contributed by atoms with Crippen molar-refractivity contribution in [2.45, 2.75) is 71.5 Å². The molecule has 0 saturated carbocycles. The van der Waals surface area contributed by atoms with Crippen molar-refractivity contribution < 1.29 is 18.0 Å². The zero-order valence-corrected chi connectivity index (χ0v) is 26.3. The summed E-state index contributed by atoms with van der Waals surface area (Å²) >= 11 is 3.47. The summed E-state index contributed by atoms with van der Waals surface area (Å²) in [6.45, 7) is 10.9. The molecule has 40 heavy (non-hydrogen) atoms. The van der Waals surface area contributed by atoms with Crippen molar-refractivity contribution in [2.75, 3.05) is 10.8 Å². The van der Waals surface area contributed by atoms with Gasteiger partial charge in [-0.15, -0.1) is 0 Å². The van der Waals surface area contributed by atoms with E-state index in [-0.39, 0.29) is 23.4 Å². The second kappa shape index (κ2) is 13.5. The number of nitrogens with one attached hydrogen (secondary N) is 1. The summed E-state index contributed by atoms with van der Waals surface area (Å²) in [4.78, 5) is 28.7. The summed E-state index contributed by atoms with van der Waals surface area (Å²) in [5, 5.41) is 2.95. The molecule has 0 aliphatic rings. The van der Waals surface area contributed by atoms with Gasteiger partial charge in [0.1, 0.15) is 12.6 Å². The van der Waals surface area contributed by atoms with E-state index in [2.05, 4.69) is 21.2 Å². The Bertz CT molecular complexity index is 1460. The normalized spacial score (nSPS) is 12.9. The van der Waals surface area contributed by atoms with Gasteiger partial charge >= 0.3 is 0 Å². The van der Waals surface area contributed by atoms with Crippen LogP contribution in [0.5, 0.6) is 0 Å². The first kappa shape index (κ1) is 31.4. The van der Waals surface area contributed by atoms with Crippen LogP contribution in [0.1, 0.15) is 49.4 Å². The second-order valence-corrected chi connectivity index (χ2v) is 13.0. The maximum absolute atomic E-state index is 14.0. The molecule has 0 aromatic heterocycles. The van der Waals surface area contributed by atoms with Crippen molar-refractivity contribution in [3.8, 4) is 0 Å². The molecule has 0 bridgehead atoms.